The molecule has 84 valence electrons. The average molecular weight is 217 g/mol. The number of nitrogens with zero attached hydrogens (tertiary/aromatic N) is 1. The molecule has 0 aliphatic carbocycles. The quantitative estimate of drug-likeness (QED) is 0.740. The van der Waals surface area contributed by atoms with E-state index < -0.39 is 0 Å². The minimum atomic E-state index is 0.0394. The Morgan fingerprint density at radius 2 is 2.25 bits per heavy atom. The van der Waals surface area contributed by atoms with Crippen LogP contribution in [-0.2, 0) is 0 Å². The zero-order chi connectivity index (χ0) is 11.5. The van der Waals surface area contributed by atoms with Crippen LogP contribution in [0.5, 0.6) is 5.75 Å². The van der Waals surface area contributed by atoms with Crippen LogP contribution in [0, 0.1) is 6.92 Å². The van der Waals surface area contributed by atoms with E-state index in [4.69, 9.17) is 0 Å². The number of phenols is 1. The minimum absolute atomic E-state index is 0.0394. The third-order valence-corrected chi connectivity index (χ3v) is 2.53. The van der Waals surface area contributed by atoms with Crippen LogP contribution in [0.25, 0.3) is 0 Å². The summed E-state index contributed by atoms with van der Waals surface area (Å²) < 4.78 is 0. The number of hydrogen-bond donors (Lipinski definition) is 3. The summed E-state index contributed by atoms with van der Waals surface area (Å²) >= 11 is 0. The Morgan fingerprint density at radius 1 is 1.44 bits per heavy atom. The second-order valence-corrected chi connectivity index (χ2v) is 3.92. The van der Waals surface area contributed by atoms with Crippen molar-refractivity contribution in [3.8, 4) is 5.75 Å². The molecule has 0 spiro atoms. The normalized spacial score (nSPS) is 12.4. The molecule has 4 heteroatoms. The molecule has 0 radical (unpaired) electrons. The molecule has 16 heavy (non-hydrogen) atoms. The molecule has 2 rings (SSSR count). The van der Waals surface area contributed by atoms with E-state index in [2.05, 4.69) is 15.5 Å². The van der Waals surface area contributed by atoms with Gasteiger partial charge in [0.2, 0.25) is 0 Å². The van der Waals surface area contributed by atoms with Gasteiger partial charge in [-0.05, 0) is 19.9 Å². The maximum atomic E-state index is 9.77. The zero-order valence-electron chi connectivity index (χ0n) is 9.36. The first-order valence-electron chi connectivity index (χ1n) is 5.21. The van der Waals surface area contributed by atoms with E-state index in [0.717, 1.165) is 16.8 Å². The molecule has 0 saturated carbocycles. The van der Waals surface area contributed by atoms with Crippen molar-refractivity contribution in [3.05, 3.63) is 41.7 Å². The van der Waals surface area contributed by atoms with Gasteiger partial charge in [0.25, 0.3) is 0 Å². The maximum absolute atomic E-state index is 9.77. The van der Waals surface area contributed by atoms with Crippen molar-refractivity contribution < 1.29 is 5.11 Å². The van der Waals surface area contributed by atoms with Crippen LogP contribution in [0.2, 0.25) is 0 Å². The van der Waals surface area contributed by atoms with Gasteiger partial charge in [0.1, 0.15) is 5.75 Å². The number of aromatic hydroxyl groups is 1. The van der Waals surface area contributed by atoms with Crippen LogP contribution in [0.15, 0.2) is 30.6 Å². The molecule has 1 unspecified atom stereocenters. The van der Waals surface area contributed by atoms with Crippen LogP contribution in [-0.4, -0.2) is 15.3 Å². The standard InChI is InChI=1S/C12H15N3O/c1-8-3-4-12(16)11(5-8)9(2)15-10-6-13-14-7-10/h3-7,9,15-16H,1-2H3,(H,13,14). The lowest BCUT2D eigenvalue weighted by atomic mass is 10.0. The fourth-order valence-corrected chi connectivity index (χ4v) is 1.68. The Labute approximate surface area is 94.3 Å². The third kappa shape index (κ3) is 2.16. The summed E-state index contributed by atoms with van der Waals surface area (Å²) in [6.07, 6.45) is 3.49. The van der Waals surface area contributed by atoms with Gasteiger partial charge in [0.05, 0.1) is 17.9 Å². The topological polar surface area (TPSA) is 60.9 Å². The summed E-state index contributed by atoms with van der Waals surface area (Å²) in [5.74, 6) is 0.314. The van der Waals surface area contributed by atoms with Gasteiger partial charge in [-0.1, -0.05) is 17.7 Å². The third-order valence-electron chi connectivity index (χ3n) is 2.53. The number of hydrogen-bond acceptors (Lipinski definition) is 3. The molecule has 3 N–H and O–H groups in total. The molecule has 2 aromatic rings. The summed E-state index contributed by atoms with van der Waals surface area (Å²) in [5, 5.41) is 19.6. The Morgan fingerprint density at radius 3 is 2.94 bits per heavy atom. The van der Waals surface area contributed by atoms with E-state index in [0.29, 0.717) is 5.75 Å². The summed E-state index contributed by atoms with van der Waals surface area (Å²) in [4.78, 5) is 0. The predicted molar refractivity (Wildman–Crippen MR) is 63.5 cm³/mol. The van der Waals surface area contributed by atoms with E-state index >= 15 is 0 Å². The highest BCUT2D eigenvalue weighted by Gasteiger charge is 2.10. The number of aromatic amines is 1. The molecule has 0 saturated heterocycles. The van der Waals surface area contributed by atoms with Crippen molar-refractivity contribution in [2.75, 3.05) is 5.32 Å². The van der Waals surface area contributed by atoms with Crippen molar-refractivity contribution >= 4 is 5.69 Å². The number of rotatable bonds is 3. The highest BCUT2D eigenvalue weighted by molar-refractivity contribution is 5.45. The van der Waals surface area contributed by atoms with E-state index in [1.807, 2.05) is 26.0 Å². The SMILES string of the molecule is Cc1ccc(O)c(C(C)Nc2cn[nH]c2)c1. The monoisotopic (exact) mass is 217 g/mol. The van der Waals surface area contributed by atoms with Crippen molar-refractivity contribution in [1.82, 2.24) is 10.2 Å². The molecule has 0 aliphatic rings. The molecule has 0 fully saturated rings. The van der Waals surface area contributed by atoms with Gasteiger partial charge in [-0.15, -0.1) is 0 Å². The maximum Gasteiger partial charge on any atom is 0.120 e. The minimum Gasteiger partial charge on any atom is -0.508 e. The van der Waals surface area contributed by atoms with Crippen molar-refractivity contribution in [1.29, 1.82) is 0 Å². The molecule has 1 aromatic carbocycles. The fourth-order valence-electron chi connectivity index (χ4n) is 1.68. The summed E-state index contributed by atoms with van der Waals surface area (Å²) in [6.45, 7) is 4.01. The number of benzene rings is 1. The Balaban J connectivity index is 2.20. The number of nitrogens with one attached hydrogen (secondary N) is 2. The predicted octanol–water partition coefficient (Wildman–Crippen LogP) is 2.60. The van der Waals surface area contributed by atoms with Crippen LogP contribution < -0.4 is 5.32 Å². The van der Waals surface area contributed by atoms with Gasteiger partial charge in [-0.3, -0.25) is 5.10 Å². The highest BCUT2D eigenvalue weighted by Crippen LogP contribution is 2.27. The summed E-state index contributed by atoms with van der Waals surface area (Å²) in [6, 6.07) is 5.63. The molecule has 1 atom stereocenters. The molecule has 0 bridgehead atoms. The van der Waals surface area contributed by atoms with Crippen LogP contribution in [0.3, 0.4) is 0 Å². The fraction of sp³-hybridized carbons (Fsp3) is 0.250. The number of anilines is 1. The Kier molecular flexibility index (Phi) is 2.81. The van der Waals surface area contributed by atoms with Gasteiger partial charge in [0.15, 0.2) is 0 Å². The first kappa shape index (κ1) is 10.5. The second kappa shape index (κ2) is 4.26. The van der Waals surface area contributed by atoms with Crippen molar-refractivity contribution in [2.24, 2.45) is 0 Å². The summed E-state index contributed by atoms with van der Waals surface area (Å²) in [5.41, 5.74) is 2.93. The van der Waals surface area contributed by atoms with Crippen molar-refractivity contribution in [2.45, 2.75) is 19.9 Å². The number of phenolic OH excluding ortho intramolecular Hbond substituents is 1. The van der Waals surface area contributed by atoms with Crippen LogP contribution in [0.4, 0.5) is 5.69 Å². The number of aryl methyl sites for hydroxylation is 1. The molecule has 0 aliphatic heterocycles. The lowest BCUT2D eigenvalue weighted by molar-refractivity contribution is 0.465. The van der Waals surface area contributed by atoms with Gasteiger partial charge >= 0.3 is 0 Å². The summed E-state index contributed by atoms with van der Waals surface area (Å²) in [7, 11) is 0. The molecule has 4 nitrogen and oxygen atoms in total. The second-order valence-electron chi connectivity index (χ2n) is 3.92. The van der Waals surface area contributed by atoms with Gasteiger partial charge in [-0.2, -0.15) is 5.10 Å². The van der Waals surface area contributed by atoms with Gasteiger partial charge in [0, 0.05) is 11.8 Å². The smallest absolute Gasteiger partial charge is 0.120 e. The van der Waals surface area contributed by atoms with E-state index in [-0.39, 0.29) is 6.04 Å². The molecular formula is C12H15N3O. The largest absolute Gasteiger partial charge is 0.508 e. The first-order valence-corrected chi connectivity index (χ1v) is 5.21. The molecule has 0 amide bonds. The van der Waals surface area contributed by atoms with E-state index in [1.165, 1.54) is 0 Å². The number of H-pyrrole nitrogens is 1. The molecular weight excluding hydrogens is 202 g/mol. The van der Waals surface area contributed by atoms with Gasteiger partial charge < -0.3 is 10.4 Å². The van der Waals surface area contributed by atoms with Crippen LogP contribution >= 0.6 is 0 Å². The molecule has 1 aromatic heterocycles. The highest BCUT2D eigenvalue weighted by atomic mass is 16.3. The van der Waals surface area contributed by atoms with Gasteiger partial charge in [-0.25, -0.2) is 0 Å². The lowest BCUT2D eigenvalue weighted by Crippen LogP contribution is -2.06. The van der Waals surface area contributed by atoms with E-state index in [1.54, 1.807) is 18.5 Å². The Bertz CT molecular complexity index is 465. The van der Waals surface area contributed by atoms with Crippen molar-refractivity contribution in [3.63, 3.8) is 0 Å². The first-order chi connectivity index (χ1) is 7.66. The number of aromatic nitrogens is 2. The van der Waals surface area contributed by atoms with Crippen LogP contribution in [0.1, 0.15) is 24.1 Å². The molecule has 1 heterocycles. The Hall–Kier alpha value is -1.97. The van der Waals surface area contributed by atoms with E-state index in [9.17, 15) is 5.11 Å². The average Bonchev–Trinajstić information content (AvgIpc) is 2.74. The zero-order valence-corrected chi connectivity index (χ0v) is 9.36. The lowest BCUT2D eigenvalue weighted by Gasteiger charge is -2.16.